The van der Waals surface area contributed by atoms with Gasteiger partial charge in [0.2, 0.25) is 0 Å². The molecule has 4 rings (SSSR count). The fourth-order valence-electron chi connectivity index (χ4n) is 3.76. The molecule has 3 aromatic rings. The zero-order valence-corrected chi connectivity index (χ0v) is 20.4. The van der Waals surface area contributed by atoms with E-state index >= 15 is 0 Å². The summed E-state index contributed by atoms with van der Waals surface area (Å²) >= 11 is 14.0. The van der Waals surface area contributed by atoms with Gasteiger partial charge in [0.1, 0.15) is 5.75 Å². The maximum Gasteiger partial charge on any atom is 0.263 e. The highest BCUT2D eigenvalue weighted by atomic mass is 35.5. The molecule has 0 N–H and O–H groups in total. The van der Waals surface area contributed by atoms with Gasteiger partial charge in [-0.05, 0) is 49.2 Å². The van der Waals surface area contributed by atoms with E-state index in [-0.39, 0.29) is 5.91 Å². The number of ether oxygens (including phenoxy) is 2. The molecule has 32 heavy (non-hydrogen) atoms. The summed E-state index contributed by atoms with van der Waals surface area (Å²) in [4.78, 5) is 22.6. The predicted octanol–water partition coefficient (Wildman–Crippen LogP) is 5.29. The van der Waals surface area contributed by atoms with E-state index in [4.69, 9.17) is 37.7 Å². The number of halogens is 2. The number of aromatic nitrogens is 1. The van der Waals surface area contributed by atoms with Gasteiger partial charge in [0.05, 0.1) is 36.1 Å². The van der Waals surface area contributed by atoms with Crippen molar-refractivity contribution in [3.8, 4) is 5.75 Å². The zero-order valence-electron chi connectivity index (χ0n) is 18.1. The third kappa shape index (κ3) is 5.02. The van der Waals surface area contributed by atoms with Gasteiger partial charge in [0, 0.05) is 36.2 Å². The van der Waals surface area contributed by atoms with Crippen LogP contribution in [0.15, 0.2) is 30.3 Å². The van der Waals surface area contributed by atoms with Crippen molar-refractivity contribution in [3.05, 3.63) is 51.5 Å². The van der Waals surface area contributed by atoms with Crippen LogP contribution in [0, 0.1) is 6.92 Å². The topological polar surface area (TPSA) is 54.9 Å². The van der Waals surface area contributed by atoms with Gasteiger partial charge in [-0.2, -0.15) is 0 Å². The van der Waals surface area contributed by atoms with Crippen molar-refractivity contribution in [3.63, 3.8) is 0 Å². The summed E-state index contributed by atoms with van der Waals surface area (Å²) in [6, 6.07) is 8.88. The van der Waals surface area contributed by atoms with Crippen LogP contribution in [0.3, 0.4) is 0 Å². The Labute approximate surface area is 201 Å². The van der Waals surface area contributed by atoms with Gasteiger partial charge in [0.15, 0.2) is 5.13 Å². The zero-order chi connectivity index (χ0) is 22.7. The van der Waals surface area contributed by atoms with Crippen molar-refractivity contribution in [1.29, 1.82) is 0 Å². The number of rotatable bonds is 7. The van der Waals surface area contributed by atoms with Crippen LogP contribution in [0.4, 0.5) is 5.13 Å². The number of thiazole rings is 1. The van der Waals surface area contributed by atoms with Crippen LogP contribution in [-0.4, -0.2) is 62.3 Å². The molecule has 1 aliphatic rings. The van der Waals surface area contributed by atoms with Crippen molar-refractivity contribution >= 4 is 55.8 Å². The van der Waals surface area contributed by atoms with Crippen LogP contribution < -0.4 is 9.64 Å². The van der Waals surface area contributed by atoms with Gasteiger partial charge in [-0.15, -0.1) is 0 Å². The van der Waals surface area contributed by atoms with Crippen LogP contribution in [0.1, 0.15) is 22.3 Å². The van der Waals surface area contributed by atoms with Gasteiger partial charge in [-0.25, -0.2) is 4.98 Å². The molecule has 1 fully saturated rings. The average molecular weight is 494 g/mol. The normalized spacial score (nSPS) is 14.6. The third-order valence-corrected chi connectivity index (χ3v) is 7.25. The molecule has 2 heterocycles. The molecule has 0 atom stereocenters. The highest BCUT2D eigenvalue weighted by Gasteiger charge is 2.25. The highest BCUT2D eigenvalue weighted by molar-refractivity contribution is 7.22. The molecule has 1 aliphatic heterocycles. The minimum absolute atomic E-state index is 0.186. The summed E-state index contributed by atoms with van der Waals surface area (Å²) in [7, 11) is 1.55. The molecule has 0 spiro atoms. The van der Waals surface area contributed by atoms with Crippen molar-refractivity contribution in [2.75, 3.05) is 51.4 Å². The molecular formula is C23H25Cl2N3O3S. The quantitative estimate of drug-likeness (QED) is 0.447. The van der Waals surface area contributed by atoms with E-state index in [0.717, 1.165) is 55.0 Å². The molecule has 0 saturated carbocycles. The van der Waals surface area contributed by atoms with Crippen LogP contribution in [-0.2, 0) is 4.74 Å². The lowest BCUT2D eigenvalue weighted by molar-refractivity contribution is 0.0376. The van der Waals surface area contributed by atoms with Crippen LogP contribution in [0.25, 0.3) is 10.2 Å². The molecular weight excluding hydrogens is 469 g/mol. The number of morpholine rings is 1. The molecule has 2 aromatic carbocycles. The van der Waals surface area contributed by atoms with Gasteiger partial charge in [-0.3, -0.25) is 14.6 Å². The summed E-state index contributed by atoms with van der Waals surface area (Å²) in [5, 5.41) is 1.78. The van der Waals surface area contributed by atoms with E-state index in [2.05, 4.69) is 4.90 Å². The number of methoxy groups -OCH3 is 1. The summed E-state index contributed by atoms with van der Waals surface area (Å²) in [6.45, 7) is 6.68. The number of aryl methyl sites for hydroxylation is 1. The molecule has 1 aromatic heterocycles. The van der Waals surface area contributed by atoms with Gasteiger partial charge in [0.25, 0.3) is 5.91 Å². The number of benzene rings is 2. The summed E-state index contributed by atoms with van der Waals surface area (Å²) < 4.78 is 11.9. The summed E-state index contributed by atoms with van der Waals surface area (Å²) in [5.41, 5.74) is 2.15. The van der Waals surface area contributed by atoms with E-state index in [1.807, 2.05) is 19.1 Å². The molecule has 0 radical (unpaired) electrons. The Bertz CT molecular complexity index is 1120. The minimum atomic E-state index is -0.186. The third-order valence-electron chi connectivity index (χ3n) is 5.56. The second-order valence-corrected chi connectivity index (χ2v) is 9.48. The van der Waals surface area contributed by atoms with E-state index < -0.39 is 0 Å². The first-order valence-electron chi connectivity index (χ1n) is 10.5. The van der Waals surface area contributed by atoms with Crippen LogP contribution >= 0.6 is 34.5 Å². The largest absolute Gasteiger partial charge is 0.496 e. The molecule has 0 bridgehead atoms. The van der Waals surface area contributed by atoms with E-state index in [0.29, 0.717) is 33.0 Å². The van der Waals surface area contributed by atoms with Crippen LogP contribution in [0.5, 0.6) is 5.75 Å². The molecule has 1 amide bonds. The van der Waals surface area contributed by atoms with E-state index in [1.54, 1.807) is 30.2 Å². The van der Waals surface area contributed by atoms with Crippen molar-refractivity contribution in [2.24, 2.45) is 0 Å². The van der Waals surface area contributed by atoms with Crippen molar-refractivity contribution in [2.45, 2.75) is 13.3 Å². The number of fused-ring (bicyclic) bond motifs is 1. The highest BCUT2D eigenvalue weighted by Crippen LogP contribution is 2.35. The van der Waals surface area contributed by atoms with Gasteiger partial charge < -0.3 is 9.47 Å². The Hall–Kier alpha value is -1.90. The SMILES string of the molecule is COc1ccc(Cl)cc1C(=O)N(CCCN1CCOCC1)c1nc2c(C)c(Cl)ccc2s1. The predicted molar refractivity (Wildman–Crippen MR) is 131 cm³/mol. The number of hydrogen-bond donors (Lipinski definition) is 0. The summed E-state index contributed by atoms with van der Waals surface area (Å²) in [6.07, 6.45) is 0.810. The first-order chi connectivity index (χ1) is 15.5. The maximum atomic E-state index is 13.7. The van der Waals surface area contributed by atoms with Crippen LogP contribution in [0.2, 0.25) is 10.0 Å². The second kappa shape index (κ2) is 10.4. The first kappa shape index (κ1) is 23.3. The monoisotopic (exact) mass is 493 g/mol. The Morgan fingerprint density at radius 2 is 2.03 bits per heavy atom. The Morgan fingerprint density at radius 3 is 2.78 bits per heavy atom. The number of anilines is 1. The molecule has 170 valence electrons. The number of carbonyl (C=O) groups excluding carboxylic acids is 1. The number of carbonyl (C=O) groups is 1. The lowest BCUT2D eigenvalue weighted by Crippen LogP contribution is -2.39. The fourth-order valence-corrected chi connectivity index (χ4v) is 5.13. The minimum Gasteiger partial charge on any atom is -0.496 e. The Morgan fingerprint density at radius 1 is 1.25 bits per heavy atom. The van der Waals surface area contributed by atoms with Gasteiger partial charge in [-0.1, -0.05) is 34.5 Å². The maximum absolute atomic E-state index is 13.7. The van der Waals surface area contributed by atoms with E-state index in [9.17, 15) is 4.79 Å². The smallest absolute Gasteiger partial charge is 0.263 e. The lowest BCUT2D eigenvalue weighted by atomic mass is 10.1. The van der Waals surface area contributed by atoms with Crippen molar-refractivity contribution < 1.29 is 14.3 Å². The second-order valence-electron chi connectivity index (χ2n) is 7.62. The van der Waals surface area contributed by atoms with Gasteiger partial charge >= 0.3 is 0 Å². The van der Waals surface area contributed by atoms with Crippen molar-refractivity contribution in [1.82, 2.24) is 9.88 Å². The Balaban J connectivity index is 1.65. The number of amides is 1. The molecule has 6 nitrogen and oxygen atoms in total. The standard InChI is InChI=1S/C23H25Cl2N3O3S/c1-15-18(25)5-7-20-21(15)26-23(32-20)28(9-3-8-27-10-12-31-13-11-27)22(29)17-14-16(24)4-6-19(17)30-2/h4-7,14H,3,8-13H2,1-2H3. The number of hydrogen-bond acceptors (Lipinski definition) is 6. The van der Waals surface area contributed by atoms with E-state index in [1.165, 1.54) is 11.3 Å². The average Bonchev–Trinajstić information content (AvgIpc) is 3.24. The molecule has 1 saturated heterocycles. The summed E-state index contributed by atoms with van der Waals surface area (Å²) in [5.74, 6) is 0.298. The fraction of sp³-hybridized carbons (Fsp3) is 0.391. The molecule has 9 heteroatoms. The molecule has 0 unspecified atom stereocenters. The Kier molecular flexibility index (Phi) is 7.53. The molecule has 0 aliphatic carbocycles. The first-order valence-corrected chi connectivity index (χ1v) is 12.1. The lowest BCUT2D eigenvalue weighted by Gasteiger charge is -2.28. The number of nitrogens with zero attached hydrogens (tertiary/aromatic N) is 3.